The van der Waals surface area contributed by atoms with Crippen molar-refractivity contribution in [2.45, 2.75) is 76.3 Å². The normalized spacial score (nSPS) is 32.3. The number of hydrogen-bond donors (Lipinski definition) is 3. The van der Waals surface area contributed by atoms with Gasteiger partial charge in [0.2, 0.25) is 17.7 Å². The zero-order valence-corrected chi connectivity index (χ0v) is 19.7. The molecule has 1 aromatic rings. The van der Waals surface area contributed by atoms with Gasteiger partial charge in [-0.15, -0.1) is 0 Å². The number of likely N-dealkylation sites (tertiary alicyclic amines) is 1. The lowest BCUT2D eigenvalue weighted by Crippen LogP contribution is -2.56. The molecule has 8 nitrogen and oxygen atoms in total. The maximum absolute atomic E-state index is 13.7. The molecule has 1 aromatic carbocycles. The van der Waals surface area contributed by atoms with Crippen molar-refractivity contribution >= 4 is 17.7 Å². The summed E-state index contributed by atoms with van der Waals surface area (Å²) < 4.78 is 6.55. The van der Waals surface area contributed by atoms with Crippen LogP contribution in [0.2, 0.25) is 0 Å². The molecule has 1 spiro atoms. The van der Waals surface area contributed by atoms with Crippen molar-refractivity contribution in [3.63, 3.8) is 0 Å². The number of aliphatic hydroxyl groups excluding tert-OH is 1. The van der Waals surface area contributed by atoms with Gasteiger partial charge in [-0.3, -0.25) is 14.4 Å². The summed E-state index contributed by atoms with van der Waals surface area (Å²) in [6.07, 6.45) is 2.31. The van der Waals surface area contributed by atoms with Crippen LogP contribution in [0.5, 0.6) is 0 Å². The molecule has 8 heteroatoms. The second kappa shape index (κ2) is 9.06. The first-order chi connectivity index (χ1) is 15.7. The summed E-state index contributed by atoms with van der Waals surface area (Å²) >= 11 is 0. The first-order valence-electron chi connectivity index (χ1n) is 12.0. The van der Waals surface area contributed by atoms with E-state index >= 15 is 0 Å². The van der Waals surface area contributed by atoms with Crippen LogP contribution in [0.15, 0.2) is 30.3 Å². The fourth-order valence-electron chi connectivity index (χ4n) is 6.02. The van der Waals surface area contributed by atoms with E-state index < -0.39 is 29.1 Å². The van der Waals surface area contributed by atoms with E-state index in [1.807, 2.05) is 51.1 Å². The fraction of sp³-hybridized carbons (Fsp3) is 0.640. The molecule has 0 radical (unpaired) electrons. The third-order valence-corrected chi connectivity index (χ3v) is 7.36. The maximum Gasteiger partial charge on any atom is 0.246 e. The molecule has 4 rings (SSSR count). The second-order valence-corrected chi connectivity index (χ2v) is 10.1. The maximum atomic E-state index is 13.7. The monoisotopic (exact) mass is 457 g/mol. The SMILES string of the molecule is CC(C)NC(=O)C1N(CCCCO)C(=O)[C@@H]2[C@@H](C(=O)NCc3ccccc3)[C@@]3(C)CCC12O3. The van der Waals surface area contributed by atoms with Gasteiger partial charge in [0.25, 0.3) is 0 Å². The third kappa shape index (κ3) is 4.04. The van der Waals surface area contributed by atoms with Crippen LogP contribution in [0.3, 0.4) is 0 Å². The lowest BCUT2D eigenvalue weighted by Gasteiger charge is -2.34. The largest absolute Gasteiger partial charge is 0.396 e. The first kappa shape index (κ1) is 23.7. The Balaban J connectivity index is 1.62. The summed E-state index contributed by atoms with van der Waals surface area (Å²) in [6.45, 7) is 6.41. The van der Waals surface area contributed by atoms with Crippen LogP contribution in [-0.4, -0.2) is 64.2 Å². The Hall–Kier alpha value is -2.45. The van der Waals surface area contributed by atoms with Crippen LogP contribution in [0.4, 0.5) is 0 Å². The van der Waals surface area contributed by atoms with Gasteiger partial charge in [-0.25, -0.2) is 0 Å². The lowest BCUT2D eigenvalue weighted by molar-refractivity contribution is -0.146. The first-order valence-corrected chi connectivity index (χ1v) is 12.0. The minimum absolute atomic E-state index is 0.0263. The number of ether oxygens (including phenoxy) is 1. The summed E-state index contributed by atoms with van der Waals surface area (Å²) in [5.74, 6) is -1.98. The summed E-state index contributed by atoms with van der Waals surface area (Å²) in [5.41, 5.74) is -0.805. The number of nitrogens with one attached hydrogen (secondary N) is 2. The molecule has 3 aliphatic rings. The summed E-state index contributed by atoms with van der Waals surface area (Å²) in [7, 11) is 0. The van der Waals surface area contributed by atoms with E-state index in [0.717, 1.165) is 5.56 Å². The molecule has 2 bridgehead atoms. The molecular weight excluding hydrogens is 422 g/mol. The number of fused-ring (bicyclic) bond motifs is 1. The highest BCUT2D eigenvalue weighted by molar-refractivity contribution is 5.99. The Bertz CT molecular complexity index is 907. The Morgan fingerprint density at radius 2 is 1.91 bits per heavy atom. The molecule has 180 valence electrons. The summed E-state index contributed by atoms with van der Waals surface area (Å²) in [6, 6.07) is 8.78. The quantitative estimate of drug-likeness (QED) is 0.486. The van der Waals surface area contributed by atoms with Crippen LogP contribution < -0.4 is 10.6 Å². The number of nitrogens with zero attached hydrogens (tertiary/aromatic N) is 1. The zero-order valence-electron chi connectivity index (χ0n) is 19.7. The highest BCUT2D eigenvalue weighted by atomic mass is 16.5. The Labute approximate surface area is 195 Å². The van der Waals surface area contributed by atoms with Crippen LogP contribution >= 0.6 is 0 Å². The number of carbonyl (C=O) groups excluding carboxylic acids is 3. The molecule has 3 aliphatic heterocycles. The molecule has 0 aliphatic carbocycles. The zero-order chi connectivity index (χ0) is 23.8. The molecular formula is C25H35N3O5. The summed E-state index contributed by atoms with van der Waals surface area (Å²) in [4.78, 5) is 42.1. The number of benzene rings is 1. The summed E-state index contributed by atoms with van der Waals surface area (Å²) in [5, 5.41) is 15.2. The van der Waals surface area contributed by atoms with Crippen molar-refractivity contribution in [3.05, 3.63) is 35.9 Å². The molecule has 2 unspecified atom stereocenters. The Kier molecular flexibility index (Phi) is 6.51. The number of rotatable bonds is 9. The molecule has 3 fully saturated rings. The van der Waals surface area contributed by atoms with Crippen molar-refractivity contribution in [3.8, 4) is 0 Å². The van der Waals surface area contributed by atoms with E-state index in [4.69, 9.17) is 4.74 Å². The van der Waals surface area contributed by atoms with Gasteiger partial charge in [-0.1, -0.05) is 30.3 Å². The lowest BCUT2D eigenvalue weighted by atomic mass is 9.66. The number of carbonyl (C=O) groups is 3. The van der Waals surface area contributed by atoms with Gasteiger partial charge >= 0.3 is 0 Å². The predicted molar refractivity (Wildman–Crippen MR) is 122 cm³/mol. The van der Waals surface area contributed by atoms with Crippen LogP contribution in [0.25, 0.3) is 0 Å². The number of amides is 3. The number of unbranched alkanes of at least 4 members (excludes halogenated alkanes) is 1. The third-order valence-electron chi connectivity index (χ3n) is 7.36. The van der Waals surface area contributed by atoms with Crippen LogP contribution in [0.1, 0.15) is 52.0 Å². The van der Waals surface area contributed by atoms with Crippen LogP contribution in [-0.2, 0) is 25.7 Å². The Morgan fingerprint density at radius 1 is 1.18 bits per heavy atom. The van der Waals surface area contributed by atoms with Crippen molar-refractivity contribution in [2.24, 2.45) is 11.8 Å². The highest BCUT2D eigenvalue weighted by Gasteiger charge is 2.77. The second-order valence-electron chi connectivity index (χ2n) is 10.1. The van der Waals surface area contributed by atoms with E-state index in [1.54, 1.807) is 4.90 Å². The van der Waals surface area contributed by atoms with Crippen molar-refractivity contribution in [1.82, 2.24) is 15.5 Å². The number of aliphatic hydroxyl groups is 1. The van der Waals surface area contributed by atoms with E-state index in [0.29, 0.717) is 38.8 Å². The van der Waals surface area contributed by atoms with E-state index in [-0.39, 0.29) is 30.4 Å². The average Bonchev–Trinajstić information content (AvgIpc) is 3.33. The van der Waals surface area contributed by atoms with E-state index in [2.05, 4.69) is 10.6 Å². The van der Waals surface area contributed by atoms with Crippen molar-refractivity contribution < 1.29 is 24.2 Å². The van der Waals surface area contributed by atoms with Gasteiger partial charge in [0, 0.05) is 25.7 Å². The number of hydrogen-bond acceptors (Lipinski definition) is 5. The van der Waals surface area contributed by atoms with Gasteiger partial charge in [0.15, 0.2) is 0 Å². The minimum Gasteiger partial charge on any atom is -0.396 e. The highest BCUT2D eigenvalue weighted by Crippen LogP contribution is 2.63. The van der Waals surface area contributed by atoms with Crippen molar-refractivity contribution in [1.29, 1.82) is 0 Å². The van der Waals surface area contributed by atoms with Crippen molar-refractivity contribution in [2.75, 3.05) is 13.2 Å². The molecule has 3 N–H and O–H groups in total. The minimum atomic E-state index is -1.00. The van der Waals surface area contributed by atoms with E-state index in [1.165, 1.54) is 0 Å². The fourth-order valence-corrected chi connectivity index (χ4v) is 6.02. The molecule has 3 saturated heterocycles. The van der Waals surface area contributed by atoms with Gasteiger partial charge < -0.3 is 25.4 Å². The Morgan fingerprint density at radius 3 is 2.58 bits per heavy atom. The van der Waals surface area contributed by atoms with Gasteiger partial charge in [-0.05, 0) is 52.0 Å². The standard InChI is InChI=1S/C25H35N3O5/c1-16(2)27-22(31)20-25-12-11-24(3,33-25)18(19(25)23(32)28(20)13-7-8-14-29)21(30)26-15-17-9-5-4-6-10-17/h4-6,9-10,16,18-20,29H,7-8,11-15H2,1-3H3,(H,26,30)(H,27,31)/t18-,19-,20?,24+,25?/m0/s1. The van der Waals surface area contributed by atoms with E-state index in [9.17, 15) is 19.5 Å². The molecule has 3 heterocycles. The molecule has 3 amide bonds. The van der Waals surface area contributed by atoms with Crippen LogP contribution in [0, 0.1) is 11.8 Å². The van der Waals surface area contributed by atoms with Gasteiger partial charge in [0.05, 0.1) is 17.4 Å². The van der Waals surface area contributed by atoms with Gasteiger partial charge in [-0.2, -0.15) is 0 Å². The molecule has 5 atom stereocenters. The van der Waals surface area contributed by atoms with Gasteiger partial charge in [0.1, 0.15) is 11.6 Å². The predicted octanol–water partition coefficient (Wildman–Crippen LogP) is 1.36. The average molecular weight is 458 g/mol. The molecule has 33 heavy (non-hydrogen) atoms. The molecule has 0 saturated carbocycles. The molecule has 0 aromatic heterocycles. The topological polar surface area (TPSA) is 108 Å². The smallest absolute Gasteiger partial charge is 0.246 e.